The van der Waals surface area contributed by atoms with Gasteiger partial charge in [-0.1, -0.05) is 30.8 Å². The van der Waals surface area contributed by atoms with E-state index in [0.29, 0.717) is 17.0 Å². The molecule has 162 valence electrons. The van der Waals surface area contributed by atoms with Crippen LogP contribution in [0.2, 0.25) is 0 Å². The standard InChI is InChI=1S/C24H21N3OS.C2H5N/c1-2-27-22-6-4-3-5-20(22)21-13-18(9-12-23(21)27)15-29-16-24(28)26-19-10-7-17(14-25)8-11-19;1-2-3/h3-13H,2,15-16H2,1H3,(H,26,28);2H,1,3H2. The monoisotopic (exact) mass is 442 g/mol. The summed E-state index contributed by atoms with van der Waals surface area (Å²) in [4.78, 5) is 12.2. The van der Waals surface area contributed by atoms with E-state index in [-0.39, 0.29) is 5.91 Å². The number of amides is 1. The summed E-state index contributed by atoms with van der Waals surface area (Å²) in [6.45, 7) is 6.25. The van der Waals surface area contributed by atoms with Crippen LogP contribution in [0.25, 0.3) is 21.8 Å². The molecule has 0 atom stereocenters. The molecule has 1 heterocycles. The summed E-state index contributed by atoms with van der Waals surface area (Å²) in [5.41, 5.74) is 9.63. The molecule has 0 aliphatic rings. The Morgan fingerprint density at radius 3 is 2.50 bits per heavy atom. The summed E-state index contributed by atoms with van der Waals surface area (Å²) in [6.07, 6.45) is 1.25. The number of aryl methyl sites for hydroxylation is 1. The van der Waals surface area contributed by atoms with Gasteiger partial charge in [0.1, 0.15) is 0 Å². The molecular formula is C26H26N4OS. The molecule has 6 heteroatoms. The van der Waals surface area contributed by atoms with Crippen LogP contribution in [0.5, 0.6) is 0 Å². The van der Waals surface area contributed by atoms with Gasteiger partial charge in [0.15, 0.2) is 0 Å². The van der Waals surface area contributed by atoms with Crippen molar-refractivity contribution in [3.63, 3.8) is 0 Å². The van der Waals surface area contributed by atoms with E-state index in [1.54, 1.807) is 36.0 Å². The van der Waals surface area contributed by atoms with Gasteiger partial charge in [0.05, 0.1) is 17.4 Å². The van der Waals surface area contributed by atoms with Crippen LogP contribution < -0.4 is 11.1 Å². The largest absolute Gasteiger partial charge is 0.405 e. The van der Waals surface area contributed by atoms with Crippen molar-refractivity contribution < 1.29 is 4.79 Å². The summed E-state index contributed by atoms with van der Waals surface area (Å²) in [5.74, 6) is 1.13. The first-order chi connectivity index (χ1) is 15.6. The number of para-hydroxylation sites is 1. The lowest BCUT2D eigenvalue weighted by Crippen LogP contribution is -2.14. The third-order valence-corrected chi connectivity index (χ3v) is 5.96. The Hall–Kier alpha value is -3.69. The fourth-order valence-corrected chi connectivity index (χ4v) is 4.39. The Kier molecular flexibility index (Phi) is 7.96. The molecule has 32 heavy (non-hydrogen) atoms. The number of hydrogen-bond acceptors (Lipinski definition) is 4. The summed E-state index contributed by atoms with van der Waals surface area (Å²) in [7, 11) is 0. The van der Waals surface area contributed by atoms with E-state index in [9.17, 15) is 4.79 Å². The molecule has 3 aromatic carbocycles. The molecule has 0 saturated carbocycles. The lowest BCUT2D eigenvalue weighted by Gasteiger charge is -2.06. The molecule has 0 fully saturated rings. The topological polar surface area (TPSA) is 83.8 Å². The van der Waals surface area contributed by atoms with E-state index in [2.05, 4.69) is 77.7 Å². The number of nitrogens with zero attached hydrogens (tertiary/aromatic N) is 2. The average molecular weight is 443 g/mol. The number of carbonyl (C=O) groups is 1. The van der Waals surface area contributed by atoms with Crippen molar-refractivity contribution in [2.45, 2.75) is 19.2 Å². The third-order valence-electron chi connectivity index (χ3n) is 4.95. The first kappa shape index (κ1) is 23.0. The third kappa shape index (κ3) is 5.32. The number of hydrogen-bond donors (Lipinski definition) is 2. The maximum atomic E-state index is 12.2. The fourth-order valence-electron chi connectivity index (χ4n) is 3.62. The number of benzene rings is 3. The van der Waals surface area contributed by atoms with Gasteiger partial charge in [-0.25, -0.2) is 0 Å². The van der Waals surface area contributed by atoms with Gasteiger partial charge in [-0.05, 0) is 61.2 Å². The molecule has 1 amide bonds. The second-order valence-electron chi connectivity index (χ2n) is 7.08. The average Bonchev–Trinajstić information content (AvgIpc) is 3.13. The van der Waals surface area contributed by atoms with Crippen molar-refractivity contribution in [2.24, 2.45) is 5.73 Å². The number of nitriles is 1. The number of carbonyl (C=O) groups excluding carboxylic acids is 1. The van der Waals surface area contributed by atoms with Gasteiger partial charge >= 0.3 is 0 Å². The predicted molar refractivity (Wildman–Crippen MR) is 135 cm³/mol. The van der Waals surface area contributed by atoms with Crippen molar-refractivity contribution >= 4 is 45.2 Å². The van der Waals surface area contributed by atoms with Crippen LogP contribution in [-0.2, 0) is 17.1 Å². The predicted octanol–water partition coefficient (Wildman–Crippen LogP) is 5.65. The maximum Gasteiger partial charge on any atom is 0.234 e. The zero-order valence-electron chi connectivity index (χ0n) is 18.0. The van der Waals surface area contributed by atoms with E-state index >= 15 is 0 Å². The highest BCUT2D eigenvalue weighted by Gasteiger charge is 2.10. The van der Waals surface area contributed by atoms with Crippen molar-refractivity contribution in [1.82, 2.24) is 4.57 Å². The van der Waals surface area contributed by atoms with Gasteiger partial charge in [0.2, 0.25) is 5.91 Å². The van der Waals surface area contributed by atoms with Crippen LogP contribution >= 0.6 is 11.8 Å². The first-order valence-electron chi connectivity index (χ1n) is 10.3. The molecule has 0 bridgehead atoms. The molecule has 5 nitrogen and oxygen atoms in total. The van der Waals surface area contributed by atoms with Crippen molar-refractivity contribution in [1.29, 1.82) is 5.26 Å². The Balaban J connectivity index is 0.000000913. The first-order valence-corrected chi connectivity index (χ1v) is 11.5. The second-order valence-corrected chi connectivity index (χ2v) is 8.06. The van der Waals surface area contributed by atoms with Crippen LogP contribution in [0.15, 0.2) is 79.5 Å². The Morgan fingerprint density at radius 2 is 1.81 bits per heavy atom. The molecule has 0 unspecified atom stereocenters. The quantitative estimate of drug-likeness (QED) is 0.404. The number of fused-ring (bicyclic) bond motifs is 3. The maximum absolute atomic E-state index is 12.2. The minimum absolute atomic E-state index is 0.0385. The normalized spacial score (nSPS) is 10.2. The molecule has 0 aliphatic heterocycles. The minimum Gasteiger partial charge on any atom is -0.405 e. The Bertz CT molecular complexity index is 1270. The molecule has 4 aromatic rings. The van der Waals surface area contributed by atoms with Crippen molar-refractivity contribution in [3.05, 3.63) is 90.6 Å². The van der Waals surface area contributed by atoms with Gasteiger partial charge in [-0.2, -0.15) is 5.26 Å². The van der Waals surface area contributed by atoms with Gasteiger partial charge < -0.3 is 15.6 Å². The number of anilines is 1. The molecule has 0 saturated heterocycles. The SMILES string of the molecule is C=CN.CCn1c2ccccc2c2cc(CSCC(=O)Nc3ccc(C#N)cc3)ccc21. The lowest BCUT2D eigenvalue weighted by atomic mass is 10.1. The smallest absolute Gasteiger partial charge is 0.234 e. The number of rotatable bonds is 6. The lowest BCUT2D eigenvalue weighted by molar-refractivity contribution is -0.113. The summed E-state index contributed by atoms with van der Waals surface area (Å²) >= 11 is 1.60. The van der Waals surface area contributed by atoms with Gasteiger partial charge in [0.25, 0.3) is 0 Å². The summed E-state index contributed by atoms with van der Waals surface area (Å²) in [5, 5.41) is 14.2. The van der Waals surface area contributed by atoms with Gasteiger partial charge in [0, 0.05) is 39.8 Å². The highest BCUT2D eigenvalue weighted by molar-refractivity contribution is 7.99. The van der Waals surface area contributed by atoms with Crippen LogP contribution in [0, 0.1) is 11.3 Å². The van der Waals surface area contributed by atoms with Crippen LogP contribution in [0.3, 0.4) is 0 Å². The fraction of sp³-hybridized carbons (Fsp3) is 0.154. The van der Waals surface area contributed by atoms with E-state index in [1.165, 1.54) is 33.6 Å². The number of nitrogens with one attached hydrogen (secondary N) is 1. The van der Waals surface area contributed by atoms with Gasteiger partial charge in [-0.15, -0.1) is 11.8 Å². The zero-order valence-corrected chi connectivity index (χ0v) is 18.9. The highest BCUT2D eigenvalue weighted by Crippen LogP contribution is 2.30. The second kappa shape index (κ2) is 11.1. The Morgan fingerprint density at radius 1 is 1.12 bits per heavy atom. The molecule has 3 N–H and O–H groups in total. The van der Waals surface area contributed by atoms with Crippen LogP contribution in [0.1, 0.15) is 18.1 Å². The number of aromatic nitrogens is 1. The molecule has 0 spiro atoms. The minimum atomic E-state index is -0.0385. The molecule has 0 aliphatic carbocycles. The van der Waals surface area contributed by atoms with Crippen molar-refractivity contribution in [3.8, 4) is 6.07 Å². The molecule has 1 aromatic heterocycles. The van der Waals surface area contributed by atoms with E-state index < -0.39 is 0 Å². The number of nitrogens with two attached hydrogens (primary N) is 1. The van der Waals surface area contributed by atoms with Gasteiger partial charge in [-0.3, -0.25) is 4.79 Å². The summed E-state index contributed by atoms with van der Waals surface area (Å²) < 4.78 is 2.34. The van der Waals surface area contributed by atoms with E-state index in [0.717, 1.165) is 12.3 Å². The zero-order chi connectivity index (χ0) is 22.9. The van der Waals surface area contributed by atoms with Crippen LogP contribution in [0.4, 0.5) is 5.69 Å². The number of thioether (sulfide) groups is 1. The molecule has 0 radical (unpaired) electrons. The van der Waals surface area contributed by atoms with E-state index in [1.807, 2.05) is 0 Å². The summed E-state index contributed by atoms with van der Waals surface area (Å²) in [6, 6.07) is 24.0. The molecule has 4 rings (SSSR count). The molecular weight excluding hydrogens is 416 g/mol. The Labute approximate surface area is 192 Å². The van der Waals surface area contributed by atoms with Crippen molar-refractivity contribution in [2.75, 3.05) is 11.1 Å². The van der Waals surface area contributed by atoms with E-state index in [4.69, 9.17) is 5.26 Å². The highest BCUT2D eigenvalue weighted by atomic mass is 32.2. The van der Waals surface area contributed by atoms with Crippen LogP contribution in [-0.4, -0.2) is 16.2 Å².